The highest BCUT2D eigenvalue weighted by molar-refractivity contribution is 7.92. The lowest BCUT2D eigenvalue weighted by Gasteiger charge is -2.13. The SMILES string of the molecule is Cc1cc2cc(NS(=O)(=O)c3ccc(Oc4ccccc4)cc3)ccc2n1CCN(C)C. The summed E-state index contributed by atoms with van der Waals surface area (Å²) in [5.41, 5.74) is 2.78. The van der Waals surface area contributed by atoms with Gasteiger partial charge in [-0.1, -0.05) is 18.2 Å². The number of fused-ring (bicyclic) bond motifs is 1. The summed E-state index contributed by atoms with van der Waals surface area (Å²) >= 11 is 0. The van der Waals surface area contributed by atoms with Gasteiger partial charge in [0.2, 0.25) is 0 Å². The van der Waals surface area contributed by atoms with Gasteiger partial charge in [0.25, 0.3) is 10.0 Å². The van der Waals surface area contributed by atoms with Gasteiger partial charge in [-0.05, 0) is 81.7 Å². The summed E-state index contributed by atoms with van der Waals surface area (Å²) in [6, 6.07) is 23.5. The first-order valence-corrected chi connectivity index (χ1v) is 11.9. The Morgan fingerprint density at radius 1 is 0.906 bits per heavy atom. The smallest absolute Gasteiger partial charge is 0.261 e. The fourth-order valence-electron chi connectivity index (χ4n) is 3.59. The molecule has 0 saturated heterocycles. The summed E-state index contributed by atoms with van der Waals surface area (Å²) in [5.74, 6) is 1.27. The lowest BCUT2D eigenvalue weighted by atomic mass is 10.2. The van der Waals surface area contributed by atoms with Crippen molar-refractivity contribution in [3.05, 3.63) is 84.6 Å². The summed E-state index contributed by atoms with van der Waals surface area (Å²) in [7, 11) is 0.384. The van der Waals surface area contributed by atoms with E-state index in [1.165, 1.54) is 0 Å². The molecule has 0 unspecified atom stereocenters. The lowest BCUT2D eigenvalue weighted by molar-refractivity contribution is 0.385. The van der Waals surface area contributed by atoms with Crippen molar-refractivity contribution in [1.29, 1.82) is 0 Å². The van der Waals surface area contributed by atoms with Crippen LogP contribution in [0.1, 0.15) is 5.69 Å². The van der Waals surface area contributed by atoms with E-state index in [-0.39, 0.29) is 4.90 Å². The maximum atomic E-state index is 12.9. The molecule has 0 aliphatic heterocycles. The minimum Gasteiger partial charge on any atom is -0.457 e. The van der Waals surface area contributed by atoms with Crippen molar-refractivity contribution in [3.8, 4) is 11.5 Å². The zero-order valence-electron chi connectivity index (χ0n) is 18.4. The van der Waals surface area contributed by atoms with Crippen molar-refractivity contribution in [2.45, 2.75) is 18.4 Å². The Morgan fingerprint density at radius 2 is 1.59 bits per heavy atom. The Labute approximate surface area is 189 Å². The number of likely N-dealkylation sites (N-methyl/N-ethyl adjacent to an activating group) is 1. The number of nitrogens with one attached hydrogen (secondary N) is 1. The molecule has 3 aromatic carbocycles. The van der Waals surface area contributed by atoms with Crippen LogP contribution < -0.4 is 9.46 Å². The number of aromatic nitrogens is 1. The van der Waals surface area contributed by atoms with E-state index >= 15 is 0 Å². The Balaban J connectivity index is 1.51. The minimum atomic E-state index is -3.72. The number of rotatable bonds is 8. The fraction of sp³-hybridized carbons (Fsp3) is 0.200. The standard InChI is InChI=1S/C25H27N3O3S/c1-19-17-20-18-21(9-14-25(20)28(19)16-15-27(2)3)26-32(29,30)24-12-10-23(11-13-24)31-22-7-5-4-6-8-22/h4-14,17-18,26H,15-16H2,1-3H3. The average Bonchev–Trinajstić information content (AvgIpc) is 3.07. The molecule has 1 heterocycles. The van der Waals surface area contributed by atoms with Gasteiger partial charge in [0.05, 0.1) is 4.90 Å². The van der Waals surface area contributed by atoms with Gasteiger partial charge in [0, 0.05) is 35.4 Å². The van der Waals surface area contributed by atoms with Gasteiger partial charge >= 0.3 is 0 Å². The van der Waals surface area contributed by atoms with E-state index in [1.807, 2.05) is 56.6 Å². The number of aryl methyl sites for hydroxylation is 1. The van der Waals surface area contributed by atoms with Gasteiger partial charge in [-0.2, -0.15) is 0 Å². The molecule has 0 aliphatic carbocycles. The van der Waals surface area contributed by atoms with Crippen LogP contribution in [0.25, 0.3) is 10.9 Å². The van der Waals surface area contributed by atoms with E-state index in [0.717, 1.165) is 29.7 Å². The third-order valence-corrected chi connectivity index (χ3v) is 6.64. The van der Waals surface area contributed by atoms with Gasteiger partial charge in [0.15, 0.2) is 0 Å². The zero-order valence-corrected chi connectivity index (χ0v) is 19.3. The molecule has 0 bridgehead atoms. The third-order valence-electron chi connectivity index (χ3n) is 5.24. The largest absolute Gasteiger partial charge is 0.457 e. The highest BCUT2D eigenvalue weighted by Gasteiger charge is 2.15. The molecule has 0 fully saturated rings. The quantitative estimate of drug-likeness (QED) is 0.406. The molecule has 0 aliphatic rings. The summed E-state index contributed by atoms with van der Waals surface area (Å²) in [6.45, 7) is 3.88. The maximum absolute atomic E-state index is 12.9. The number of benzene rings is 3. The highest BCUT2D eigenvalue weighted by Crippen LogP contribution is 2.26. The number of sulfonamides is 1. The summed E-state index contributed by atoms with van der Waals surface area (Å²) in [6.07, 6.45) is 0. The normalized spacial score (nSPS) is 11.8. The second-order valence-electron chi connectivity index (χ2n) is 8.01. The van der Waals surface area contributed by atoms with Crippen molar-refractivity contribution < 1.29 is 13.2 Å². The summed E-state index contributed by atoms with van der Waals surface area (Å²) in [5, 5.41) is 1.01. The summed E-state index contributed by atoms with van der Waals surface area (Å²) in [4.78, 5) is 2.32. The predicted octanol–water partition coefficient (Wildman–Crippen LogP) is 5.10. The molecular formula is C25H27N3O3S. The molecule has 0 saturated carbocycles. The van der Waals surface area contributed by atoms with Gasteiger partial charge in [-0.25, -0.2) is 8.42 Å². The molecule has 0 spiro atoms. The first kappa shape index (κ1) is 21.9. The summed E-state index contributed by atoms with van der Waals surface area (Å²) < 4.78 is 36.5. The molecule has 6 nitrogen and oxygen atoms in total. The predicted molar refractivity (Wildman–Crippen MR) is 129 cm³/mol. The molecule has 4 aromatic rings. The van der Waals surface area contributed by atoms with E-state index in [2.05, 4.69) is 27.2 Å². The molecule has 32 heavy (non-hydrogen) atoms. The number of hydrogen-bond acceptors (Lipinski definition) is 4. The second-order valence-corrected chi connectivity index (χ2v) is 9.69. The molecule has 166 valence electrons. The number of hydrogen-bond donors (Lipinski definition) is 1. The van der Waals surface area contributed by atoms with Crippen molar-refractivity contribution in [2.24, 2.45) is 0 Å². The Morgan fingerprint density at radius 3 is 2.28 bits per heavy atom. The number of nitrogens with zero attached hydrogens (tertiary/aromatic N) is 2. The molecule has 4 rings (SSSR count). The van der Waals surface area contributed by atoms with Gasteiger partial charge in [-0.15, -0.1) is 0 Å². The van der Waals surface area contributed by atoms with Crippen LogP contribution in [0, 0.1) is 6.92 Å². The third kappa shape index (κ3) is 4.95. The molecular weight excluding hydrogens is 422 g/mol. The van der Waals surface area contributed by atoms with Crippen LogP contribution in [-0.2, 0) is 16.6 Å². The topological polar surface area (TPSA) is 63.6 Å². The van der Waals surface area contributed by atoms with Crippen LogP contribution in [0.3, 0.4) is 0 Å². The first-order chi connectivity index (χ1) is 15.3. The monoisotopic (exact) mass is 449 g/mol. The molecule has 7 heteroatoms. The fourth-order valence-corrected chi connectivity index (χ4v) is 4.64. The van der Waals surface area contributed by atoms with Crippen molar-refractivity contribution in [3.63, 3.8) is 0 Å². The number of anilines is 1. The van der Waals surface area contributed by atoms with Gasteiger partial charge in [0.1, 0.15) is 11.5 Å². The van der Waals surface area contributed by atoms with Crippen LogP contribution in [-0.4, -0.2) is 38.5 Å². The molecule has 1 aromatic heterocycles. The van der Waals surface area contributed by atoms with Crippen LogP contribution in [0.15, 0.2) is 83.8 Å². The Kier molecular flexibility index (Phi) is 6.21. The van der Waals surface area contributed by atoms with Crippen LogP contribution >= 0.6 is 0 Å². The van der Waals surface area contributed by atoms with E-state index in [9.17, 15) is 8.42 Å². The van der Waals surface area contributed by atoms with Crippen molar-refractivity contribution >= 4 is 26.6 Å². The van der Waals surface area contributed by atoms with E-state index in [1.54, 1.807) is 30.3 Å². The number of para-hydroxylation sites is 1. The average molecular weight is 450 g/mol. The highest BCUT2D eigenvalue weighted by atomic mass is 32.2. The van der Waals surface area contributed by atoms with E-state index in [0.29, 0.717) is 17.2 Å². The molecule has 0 radical (unpaired) electrons. The van der Waals surface area contributed by atoms with Gasteiger partial charge < -0.3 is 14.2 Å². The van der Waals surface area contributed by atoms with Crippen molar-refractivity contribution in [2.75, 3.05) is 25.4 Å². The van der Waals surface area contributed by atoms with Crippen LogP contribution in [0.5, 0.6) is 11.5 Å². The number of ether oxygens (including phenoxy) is 1. The molecule has 0 atom stereocenters. The van der Waals surface area contributed by atoms with E-state index in [4.69, 9.17) is 4.74 Å². The van der Waals surface area contributed by atoms with Crippen molar-refractivity contribution in [1.82, 2.24) is 9.47 Å². The van der Waals surface area contributed by atoms with E-state index < -0.39 is 10.0 Å². The molecule has 1 N–H and O–H groups in total. The Hall–Kier alpha value is -3.29. The van der Waals surface area contributed by atoms with Gasteiger partial charge in [-0.3, -0.25) is 4.72 Å². The minimum absolute atomic E-state index is 0.178. The maximum Gasteiger partial charge on any atom is 0.261 e. The van der Waals surface area contributed by atoms with Crippen LogP contribution in [0.4, 0.5) is 5.69 Å². The molecule has 0 amide bonds. The Bertz CT molecular complexity index is 1310. The lowest BCUT2D eigenvalue weighted by Crippen LogP contribution is -2.18. The first-order valence-electron chi connectivity index (χ1n) is 10.4. The second kappa shape index (κ2) is 9.06. The van der Waals surface area contributed by atoms with Crippen LogP contribution in [0.2, 0.25) is 0 Å². The zero-order chi connectivity index (χ0) is 22.7.